The number of likely N-dealkylation sites (N-methyl/N-ethyl adjacent to an activating group) is 1. The van der Waals surface area contributed by atoms with E-state index >= 15 is 0 Å². The fourth-order valence-corrected chi connectivity index (χ4v) is 8.85. The van der Waals surface area contributed by atoms with Gasteiger partial charge in [0.1, 0.15) is 19.8 Å². The highest BCUT2D eigenvalue weighted by atomic mass is 31.2. The standard InChI is InChI=1S/C72H118NO8P/c1-6-8-10-12-14-16-18-20-22-24-26-27-28-29-30-31-32-33-34-35-36-37-38-39-40-41-42-43-44-45-47-49-51-53-55-57-59-61-63-65-72(75)81-70(69-80-82(76,77)79-67-66-73(3,4)5)68-78-71(74)64-62-60-58-56-54-52-50-48-46-25-23-21-19-17-15-13-11-9-7-2/h8,10,14-17,20-23,26-27,29-30,32-33,35-36,38-39,41-42,44-46,48,70H,6-7,9,11-13,18-19,24-25,28,31,34,37,40,43,47,49-69H2,1-5H3/p+1/b10-8-,16-14-,17-15-,22-20-,23-21-,27-26-,30-29-,33-32-,36-35-,39-38-,42-41-,45-44-,48-46-. The first-order chi connectivity index (χ1) is 40.0. The maximum absolute atomic E-state index is 12.8. The van der Waals surface area contributed by atoms with E-state index in [-0.39, 0.29) is 32.0 Å². The van der Waals surface area contributed by atoms with Crippen LogP contribution in [-0.2, 0) is 32.7 Å². The molecule has 0 rings (SSSR count). The topological polar surface area (TPSA) is 108 Å². The molecule has 0 radical (unpaired) electrons. The van der Waals surface area contributed by atoms with E-state index in [9.17, 15) is 19.0 Å². The van der Waals surface area contributed by atoms with Gasteiger partial charge < -0.3 is 18.9 Å². The Morgan fingerprint density at radius 2 is 0.695 bits per heavy atom. The van der Waals surface area contributed by atoms with Crippen molar-refractivity contribution in [1.29, 1.82) is 0 Å². The van der Waals surface area contributed by atoms with E-state index in [1.165, 1.54) is 57.8 Å². The molecule has 82 heavy (non-hydrogen) atoms. The quantitative estimate of drug-likeness (QED) is 0.0211. The Morgan fingerprint density at radius 3 is 1.04 bits per heavy atom. The number of nitrogens with zero attached hydrogens (tertiary/aromatic N) is 1. The number of carbonyl (C=O) groups is 2. The Hall–Kier alpha value is -4.37. The summed E-state index contributed by atoms with van der Waals surface area (Å²) in [6, 6.07) is 0. The second-order valence-electron chi connectivity index (χ2n) is 22.1. The van der Waals surface area contributed by atoms with Gasteiger partial charge in [-0.25, -0.2) is 4.57 Å². The van der Waals surface area contributed by atoms with E-state index < -0.39 is 26.5 Å². The molecular weight excluding hydrogens is 1040 g/mol. The summed E-state index contributed by atoms with van der Waals surface area (Å²) in [5.41, 5.74) is 0. The molecule has 2 atom stereocenters. The Labute approximate surface area is 503 Å². The van der Waals surface area contributed by atoms with Crippen molar-refractivity contribution in [2.45, 2.75) is 238 Å². The van der Waals surface area contributed by atoms with Crippen LogP contribution in [-0.4, -0.2) is 74.9 Å². The zero-order valence-corrected chi connectivity index (χ0v) is 53.6. The maximum atomic E-state index is 12.8. The molecule has 464 valence electrons. The number of phosphoric acid groups is 1. The number of ether oxygens (including phenoxy) is 2. The second-order valence-corrected chi connectivity index (χ2v) is 23.5. The van der Waals surface area contributed by atoms with Gasteiger partial charge >= 0.3 is 19.8 Å². The Kier molecular flexibility index (Phi) is 57.9. The molecule has 10 heteroatoms. The van der Waals surface area contributed by atoms with Crippen LogP contribution >= 0.6 is 7.82 Å². The summed E-state index contributed by atoms with van der Waals surface area (Å²) in [6.07, 6.45) is 91.8. The molecule has 9 nitrogen and oxygen atoms in total. The third-order valence-corrected chi connectivity index (χ3v) is 14.0. The Bertz CT molecular complexity index is 1940. The molecule has 0 aromatic heterocycles. The van der Waals surface area contributed by atoms with Gasteiger partial charge in [-0.2, -0.15) is 0 Å². The van der Waals surface area contributed by atoms with Gasteiger partial charge in [-0.05, 0) is 128 Å². The van der Waals surface area contributed by atoms with Crippen LogP contribution < -0.4 is 0 Å². The largest absolute Gasteiger partial charge is 0.472 e. The summed E-state index contributed by atoms with van der Waals surface area (Å²) < 4.78 is 34.6. The van der Waals surface area contributed by atoms with E-state index in [0.29, 0.717) is 23.9 Å². The number of phosphoric ester groups is 1. The number of esters is 2. The van der Waals surface area contributed by atoms with Crippen molar-refractivity contribution in [3.8, 4) is 0 Å². The van der Waals surface area contributed by atoms with E-state index in [4.69, 9.17) is 18.5 Å². The minimum atomic E-state index is -4.40. The monoisotopic (exact) mass is 1160 g/mol. The zero-order valence-electron chi connectivity index (χ0n) is 52.7. The lowest BCUT2D eigenvalue weighted by Gasteiger charge is -2.24. The van der Waals surface area contributed by atoms with Gasteiger partial charge in [0.05, 0.1) is 27.7 Å². The third-order valence-electron chi connectivity index (χ3n) is 13.0. The van der Waals surface area contributed by atoms with Crippen molar-refractivity contribution >= 4 is 19.8 Å². The molecule has 0 aliphatic heterocycles. The van der Waals surface area contributed by atoms with Gasteiger partial charge in [-0.3, -0.25) is 18.6 Å². The number of rotatable bonds is 57. The van der Waals surface area contributed by atoms with Gasteiger partial charge in [-0.1, -0.05) is 249 Å². The third kappa shape index (κ3) is 64.8. The van der Waals surface area contributed by atoms with Crippen LogP contribution in [0.15, 0.2) is 158 Å². The summed E-state index contributed by atoms with van der Waals surface area (Å²) in [6.45, 7) is 4.25. The van der Waals surface area contributed by atoms with Crippen LogP contribution in [0, 0.1) is 0 Å². The normalized spacial score (nSPS) is 14.3. The van der Waals surface area contributed by atoms with Crippen LogP contribution in [0.5, 0.6) is 0 Å². The van der Waals surface area contributed by atoms with Crippen molar-refractivity contribution in [1.82, 2.24) is 0 Å². The zero-order chi connectivity index (χ0) is 59.8. The summed E-state index contributed by atoms with van der Waals surface area (Å²) in [4.78, 5) is 35.8. The molecule has 0 spiro atoms. The van der Waals surface area contributed by atoms with Crippen LogP contribution in [0.2, 0.25) is 0 Å². The van der Waals surface area contributed by atoms with Crippen LogP contribution in [0.4, 0.5) is 0 Å². The highest BCUT2D eigenvalue weighted by molar-refractivity contribution is 7.47. The number of allylic oxidation sites excluding steroid dienone is 26. The fraction of sp³-hybridized carbons (Fsp3) is 0.611. The van der Waals surface area contributed by atoms with Gasteiger partial charge in [-0.15, -0.1) is 0 Å². The van der Waals surface area contributed by atoms with Crippen molar-refractivity contribution in [3.05, 3.63) is 158 Å². The number of carbonyl (C=O) groups excluding carboxylic acids is 2. The van der Waals surface area contributed by atoms with Crippen molar-refractivity contribution in [2.75, 3.05) is 47.5 Å². The fourth-order valence-electron chi connectivity index (χ4n) is 8.11. The van der Waals surface area contributed by atoms with Crippen molar-refractivity contribution < 1.29 is 42.1 Å². The molecular formula is C72H119NO8P+. The highest BCUT2D eigenvalue weighted by Crippen LogP contribution is 2.43. The molecule has 0 amide bonds. The predicted octanol–water partition coefficient (Wildman–Crippen LogP) is 20.8. The molecule has 0 heterocycles. The molecule has 0 saturated carbocycles. The summed E-state index contributed by atoms with van der Waals surface area (Å²) in [5, 5.41) is 0. The first-order valence-corrected chi connectivity index (χ1v) is 33.7. The smallest absolute Gasteiger partial charge is 0.462 e. The summed E-state index contributed by atoms with van der Waals surface area (Å²) in [5.74, 6) is -0.832. The highest BCUT2D eigenvalue weighted by Gasteiger charge is 2.27. The molecule has 2 unspecified atom stereocenters. The molecule has 1 N–H and O–H groups in total. The Balaban J connectivity index is 4.17. The minimum Gasteiger partial charge on any atom is -0.462 e. The maximum Gasteiger partial charge on any atom is 0.472 e. The van der Waals surface area contributed by atoms with Gasteiger partial charge in [0, 0.05) is 12.8 Å². The molecule has 0 saturated heterocycles. The molecule has 0 aliphatic carbocycles. The number of unbranched alkanes of at least 4 members (excludes halogenated alkanes) is 17. The first-order valence-electron chi connectivity index (χ1n) is 32.2. The molecule has 0 bridgehead atoms. The van der Waals surface area contributed by atoms with Gasteiger partial charge in [0.2, 0.25) is 0 Å². The van der Waals surface area contributed by atoms with Crippen LogP contribution in [0.1, 0.15) is 232 Å². The first kappa shape index (κ1) is 77.6. The SMILES string of the molecule is CC/C=C\C/C=C\C/C=C\C/C=C\C/C=C\C/C=C\C/C=C\C/C=C\C/C=C\C/C=C\CCCCCCCCCCC(=O)OC(COC(=O)CCCCCCCC/C=C\C/C=C\C/C=C\CCCCC)COP(=O)(O)OCC[N+](C)(C)C. The number of hydrogen-bond acceptors (Lipinski definition) is 7. The number of quaternary nitrogens is 1. The minimum absolute atomic E-state index is 0.0193. The number of hydrogen-bond donors (Lipinski definition) is 1. The average molecular weight is 1160 g/mol. The molecule has 0 aromatic rings. The van der Waals surface area contributed by atoms with E-state index in [2.05, 4.69) is 172 Å². The van der Waals surface area contributed by atoms with Crippen molar-refractivity contribution in [3.63, 3.8) is 0 Å². The Morgan fingerprint density at radius 1 is 0.390 bits per heavy atom. The summed E-state index contributed by atoms with van der Waals surface area (Å²) in [7, 11) is 1.44. The summed E-state index contributed by atoms with van der Waals surface area (Å²) >= 11 is 0. The van der Waals surface area contributed by atoms with E-state index in [0.717, 1.165) is 135 Å². The van der Waals surface area contributed by atoms with Gasteiger partial charge in [0.25, 0.3) is 0 Å². The van der Waals surface area contributed by atoms with E-state index in [1.807, 2.05) is 21.1 Å². The molecule has 0 aromatic carbocycles. The second kappa shape index (κ2) is 61.2. The van der Waals surface area contributed by atoms with Gasteiger partial charge in [0.15, 0.2) is 6.10 Å². The van der Waals surface area contributed by atoms with Crippen LogP contribution in [0.3, 0.4) is 0 Å². The van der Waals surface area contributed by atoms with E-state index in [1.54, 1.807) is 0 Å². The predicted molar refractivity (Wildman–Crippen MR) is 353 cm³/mol. The molecule has 0 aliphatic rings. The van der Waals surface area contributed by atoms with Crippen LogP contribution in [0.25, 0.3) is 0 Å². The lowest BCUT2D eigenvalue weighted by Crippen LogP contribution is -2.37. The van der Waals surface area contributed by atoms with Crippen molar-refractivity contribution in [2.24, 2.45) is 0 Å². The average Bonchev–Trinajstić information content (AvgIpc) is 3.46. The molecule has 0 fully saturated rings. The lowest BCUT2D eigenvalue weighted by atomic mass is 10.1. The lowest BCUT2D eigenvalue weighted by molar-refractivity contribution is -0.870.